The number of carbonyl (C=O) groups is 1. The van der Waals surface area contributed by atoms with Gasteiger partial charge in [0.1, 0.15) is 0 Å². The van der Waals surface area contributed by atoms with Crippen LogP contribution in [0.25, 0.3) is 0 Å². The molecule has 1 aromatic carbocycles. The molecule has 0 saturated heterocycles. The van der Waals surface area contributed by atoms with E-state index in [0.717, 1.165) is 17.1 Å². The van der Waals surface area contributed by atoms with E-state index in [0.29, 0.717) is 0 Å². The lowest BCUT2D eigenvalue weighted by Crippen LogP contribution is -2.40. The van der Waals surface area contributed by atoms with Gasteiger partial charge in [-0.05, 0) is 18.2 Å². The summed E-state index contributed by atoms with van der Waals surface area (Å²) in [6.45, 7) is 6.92. The van der Waals surface area contributed by atoms with Gasteiger partial charge >= 0.3 is 6.18 Å². The molecule has 0 fully saturated rings. The fourth-order valence-electron chi connectivity index (χ4n) is 1.56. The van der Waals surface area contributed by atoms with Crippen molar-refractivity contribution in [1.82, 2.24) is 10.4 Å². The van der Waals surface area contributed by atoms with E-state index in [1.165, 1.54) is 19.2 Å². The lowest BCUT2D eigenvalue weighted by molar-refractivity contribution is -0.138. The first-order valence-corrected chi connectivity index (χ1v) is 5.80. The molecule has 7 heteroatoms. The van der Waals surface area contributed by atoms with Crippen molar-refractivity contribution in [3.8, 4) is 0 Å². The molecule has 0 aliphatic heterocycles. The van der Waals surface area contributed by atoms with Crippen molar-refractivity contribution in [2.45, 2.75) is 6.18 Å². The molecule has 1 amide bonds. The summed E-state index contributed by atoms with van der Waals surface area (Å²) in [5.74, 6) is -0.963. The summed E-state index contributed by atoms with van der Waals surface area (Å²) >= 11 is 5.75. The molecular weight excluding hydrogens is 293 g/mol. The molecular formula is C13H12ClF3N2O. The Labute approximate surface area is 119 Å². The normalized spacial score (nSPS) is 11.1. The first-order chi connectivity index (χ1) is 9.23. The Kier molecular flexibility index (Phi) is 4.97. The van der Waals surface area contributed by atoms with E-state index in [1.54, 1.807) is 0 Å². The van der Waals surface area contributed by atoms with Crippen molar-refractivity contribution in [1.29, 1.82) is 0 Å². The summed E-state index contributed by atoms with van der Waals surface area (Å²) in [7, 11) is 1.37. The largest absolute Gasteiger partial charge is 0.417 e. The van der Waals surface area contributed by atoms with Crippen LogP contribution >= 0.6 is 11.6 Å². The van der Waals surface area contributed by atoms with Crippen molar-refractivity contribution in [2.24, 2.45) is 0 Å². The minimum Gasteiger partial charge on any atom is -0.267 e. The molecule has 0 spiro atoms. The van der Waals surface area contributed by atoms with Crippen LogP contribution < -0.4 is 5.43 Å². The number of hydrogen-bond acceptors (Lipinski definition) is 2. The Morgan fingerprint density at radius 3 is 2.50 bits per heavy atom. The number of nitrogens with zero attached hydrogens (tertiary/aromatic N) is 1. The molecule has 0 saturated carbocycles. The topological polar surface area (TPSA) is 32.3 Å². The van der Waals surface area contributed by atoms with Crippen LogP contribution in [0, 0.1) is 0 Å². The molecule has 0 radical (unpaired) electrons. The van der Waals surface area contributed by atoms with Crippen LogP contribution in [0.2, 0.25) is 5.02 Å². The lowest BCUT2D eigenvalue weighted by atomic mass is 10.1. The number of halogens is 4. The van der Waals surface area contributed by atoms with Gasteiger partial charge < -0.3 is 0 Å². The van der Waals surface area contributed by atoms with E-state index in [1.807, 2.05) is 0 Å². The first kappa shape index (κ1) is 16.3. The third-order valence-electron chi connectivity index (χ3n) is 2.48. The third kappa shape index (κ3) is 3.20. The molecule has 1 rings (SSSR count). The van der Waals surface area contributed by atoms with Crippen LogP contribution in [-0.4, -0.2) is 18.0 Å². The summed E-state index contributed by atoms with van der Waals surface area (Å²) in [5, 5.41) is 0.547. The maximum Gasteiger partial charge on any atom is 0.417 e. The van der Waals surface area contributed by atoms with E-state index < -0.39 is 23.2 Å². The van der Waals surface area contributed by atoms with Gasteiger partial charge in [-0.25, -0.2) is 10.4 Å². The zero-order valence-corrected chi connectivity index (χ0v) is 11.3. The zero-order chi connectivity index (χ0) is 15.5. The van der Waals surface area contributed by atoms with Crippen molar-refractivity contribution in [2.75, 3.05) is 7.05 Å². The molecule has 0 aromatic heterocycles. The third-order valence-corrected chi connectivity index (χ3v) is 2.80. The second kappa shape index (κ2) is 6.11. The predicted molar refractivity (Wildman–Crippen MR) is 71.0 cm³/mol. The quantitative estimate of drug-likeness (QED) is 0.680. The number of hydrazine groups is 1. The highest BCUT2D eigenvalue weighted by atomic mass is 35.5. The molecule has 0 bridgehead atoms. The molecule has 0 unspecified atom stereocenters. The van der Waals surface area contributed by atoms with E-state index >= 15 is 0 Å². The van der Waals surface area contributed by atoms with Crippen molar-refractivity contribution in [3.05, 3.63) is 59.3 Å². The summed E-state index contributed by atoms with van der Waals surface area (Å²) < 4.78 is 38.8. The van der Waals surface area contributed by atoms with Crippen LogP contribution in [0.1, 0.15) is 15.9 Å². The van der Waals surface area contributed by atoms with Crippen molar-refractivity contribution >= 4 is 17.5 Å². The summed E-state index contributed by atoms with van der Waals surface area (Å²) in [4.78, 5) is 12.2. The monoisotopic (exact) mass is 304 g/mol. The minimum atomic E-state index is -4.69. The number of allylic oxidation sites excluding steroid dienone is 1. The zero-order valence-electron chi connectivity index (χ0n) is 10.6. The summed E-state index contributed by atoms with van der Waals surface area (Å²) in [6.07, 6.45) is -3.46. The molecule has 3 nitrogen and oxygen atoms in total. The fraction of sp³-hybridized carbons (Fsp3) is 0.154. The van der Waals surface area contributed by atoms with Crippen LogP contribution in [0.15, 0.2) is 43.1 Å². The Morgan fingerprint density at radius 2 is 2.05 bits per heavy atom. The molecule has 20 heavy (non-hydrogen) atoms. The Balaban J connectivity index is 3.42. The average Bonchev–Trinajstić information content (AvgIpc) is 2.37. The lowest BCUT2D eigenvalue weighted by Gasteiger charge is -2.23. The van der Waals surface area contributed by atoms with Crippen LogP contribution in [0.4, 0.5) is 13.2 Å². The highest BCUT2D eigenvalue weighted by molar-refractivity contribution is 6.34. The average molecular weight is 305 g/mol. The van der Waals surface area contributed by atoms with Gasteiger partial charge in [0.15, 0.2) is 0 Å². The van der Waals surface area contributed by atoms with E-state index in [4.69, 9.17) is 11.6 Å². The predicted octanol–water partition coefficient (Wildman–Crippen LogP) is 3.64. The van der Waals surface area contributed by atoms with Crippen molar-refractivity contribution < 1.29 is 18.0 Å². The highest BCUT2D eigenvalue weighted by Gasteiger charge is 2.37. The number of carbonyl (C=O) groups excluding carboxylic acids is 1. The minimum absolute atomic E-state index is 0.102. The van der Waals surface area contributed by atoms with Gasteiger partial charge in [-0.3, -0.25) is 4.79 Å². The number of nitrogens with one attached hydrogen (secondary N) is 1. The van der Waals surface area contributed by atoms with Gasteiger partial charge in [-0.2, -0.15) is 13.2 Å². The maximum absolute atomic E-state index is 12.9. The van der Waals surface area contributed by atoms with Gasteiger partial charge in [0.25, 0.3) is 5.91 Å². The number of alkyl halides is 3. The second-order valence-electron chi connectivity index (χ2n) is 3.72. The SMILES string of the molecule is C=CC(=C)N(NC)C(=O)c1c(Cl)cccc1C(F)(F)F. The standard InChI is InChI=1S/C13H12ClF3N2O/c1-4-8(2)19(18-3)12(20)11-9(13(15,16)17)6-5-7-10(11)14/h4-7,18H,1-2H2,3H3. The van der Waals surface area contributed by atoms with Gasteiger partial charge in [0, 0.05) is 7.05 Å². The highest BCUT2D eigenvalue weighted by Crippen LogP contribution is 2.35. The van der Waals surface area contributed by atoms with Gasteiger partial charge in [0.05, 0.1) is 21.8 Å². The van der Waals surface area contributed by atoms with Gasteiger partial charge in [-0.15, -0.1) is 0 Å². The Hall–Kier alpha value is -1.79. The molecule has 0 aliphatic rings. The van der Waals surface area contributed by atoms with Crippen LogP contribution in [0.3, 0.4) is 0 Å². The number of rotatable bonds is 4. The molecule has 1 aromatic rings. The van der Waals surface area contributed by atoms with E-state index in [9.17, 15) is 18.0 Å². The van der Waals surface area contributed by atoms with Gasteiger partial charge in [-0.1, -0.05) is 30.8 Å². The first-order valence-electron chi connectivity index (χ1n) is 5.43. The number of hydrogen-bond donors (Lipinski definition) is 1. The smallest absolute Gasteiger partial charge is 0.267 e. The second-order valence-corrected chi connectivity index (χ2v) is 4.13. The van der Waals surface area contributed by atoms with E-state index in [-0.39, 0.29) is 10.7 Å². The summed E-state index contributed by atoms with van der Waals surface area (Å²) in [6, 6.07) is 3.14. The molecule has 0 heterocycles. The molecule has 1 N–H and O–H groups in total. The number of benzene rings is 1. The van der Waals surface area contributed by atoms with Crippen molar-refractivity contribution in [3.63, 3.8) is 0 Å². The summed E-state index contributed by atoms with van der Waals surface area (Å²) in [5.41, 5.74) is 0.802. The Bertz CT molecular complexity index is 555. The van der Waals surface area contributed by atoms with Gasteiger partial charge in [0.2, 0.25) is 0 Å². The number of amides is 1. The van der Waals surface area contributed by atoms with Crippen LogP contribution in [-0.2, 0) is 6.18 Å². The maximum atomic E-state index is 12.9. The van der Waals surface area contributed by atoms with Crippen LogP contribution in [0.5, 0.6) is 0 Å². The fourth-order valence-corrected chi connectivity index (χ4v) is 1.81. The van der Waals surface area contributed by atoms with E-state index in [2.05, 4.69) is 18.6 Å². The Morgan fingerprint density at radius 1 is 1.45 bits per heavy atom. The molecule has 108 valence electrons. The molecule has 0 atom stereocenters. The molecule has 0 aliphatic carbocycles.